The number of benzene rings is 2. The van der Waals surface area contributed by atoms with Crippen molar-refractivity contribution in [2.45, 2.75) is 10.9 Å². The molecule has 0 aliphatic carbocycles. The van der Waals surface area contributed by atoms with Crippen LogP contribution in [-0.2, 0) is 10.5 Å². The van der Waals surface area contributed by atoms with Crippen molar-refractivity contribution in [1.29, 1.82) is 0 Å². The Kier molecular flexibility index (Phi) is 4.73. The van der Waals surface area contributed by atoms with Crippen molar-refractivity contribution in [1.82, 2.24) is 15.2 Å². The van der Waals surface area contributed by atoms with Crippen molar-refractivity contribution in [2.24, 2.45) is 0 Å². The summed E-state index contributed by atoms with van der Waals surface area (Å²) in [4.78, 5) is 15.9. The van der Waals surface area contributed by atoms with E-state index in [1.807, 2.05) is 42.5 Å². The summed E-state index contributed by atoms with van der Waals surface area (Å²) < 4.78 is 4.68. The van der Waals surface area contributed by atoms with Crippen LogP contribution in [0.5, 0.6) is 0 Å². The summed E-state index contributed by atoms with van der Waals surface area (Å²) >= 11 is 1.54. The molecule has 3 rings (SSSR count). The molecule has 0 saturated heterocycles. The van der Waals surface area contributed by atoms with Gasteiger partial charge in [0.25, 0.3) is 0 Å². The molecule has 6 heteroatoms. The molecular formula is C17H15N3O2S. The minimum absolute atomic E-state index is 0.328. The molecule has 1 heterocycles. The molecule has 0 saturated carbocycles. The normalized spacial score (nSPS) is 10.5. The van der Waals surface area contributed by atoms with E-state index < -0.39 is 0 Å². The first-order valence-electron chi connectivity index (χ1n) is 7.04. The quantitative estimate of drug-likeness (QED) is 0.574. The van der Waals surface area contributed by atoms with Crippen LogP contribution in [0.1, 0.15) is 15.9 Å². The smallest absolute Gasteiger partial charge is 0.337 e. The predicted molar refractivity (Wildman–Crippen MR) is 89.2 cm³/mol. The highest BCUT2D eigenvalue weighted by Gasteiger charge is 2.07. The van der Waals surface area contributed by atoms with Gasteiger partial charge in [-0.1, -0.05) is 54.2 Å². The first kappa shape index (κ1) is 15.3. The third kappa shape index (κ3) is 3.78. The zero-order chi connectivity index (χ0) is 16.1. The summed E-state index contributed by atoms with van der Waals surface area (Å²) in [7, 11) is 1.37. The Hall–Kier alpha value is -2.60. The summed E-state index contributed by atoms with van der Waals surface area (Å²) in [6.45, 7) is 0. The minimum atomic E-state index is -0.328. The molecule has 5 nitrogen and oxygen atoms in total. The van der Waals surface area contributed by atoms with Gasteiger partial charge in [0.15, 0.2) is 5.82 Å². The number of nitrogens with one attached hydrogen (secondary N) is 1. The van der Waals surface area contributed by atoms with Crippen molar-refractivity contribution >= 4 is 17.7 Å². The number of carbonyl (C=O) groups excluding carboxylic acids is 1. The molecule has 0 spiro atoms. The number of aromatic nitrogens is 3. The number of nitrogens with zero attached hydrogens (tertiary/aromatic N) is 2. The lowest BCUT2D eigenvalue weighted by molar-refractivity contribution is 0.0600. The first-order valence-corrected chi connectivity index (χ1v) is 8.02. The van der Waals surface area contributed by atoms with Gasteiger partial charge in [-0.15, -0.1) is 5.10 Å². The van der Waals surface area contributed by atoms with Gasteiger partial charge in [-0.05, 0) is 17.7 Å². The van der Waals surface area contributed by atoms with Crippen LogP contribution >= 0.6 is 11.8 Å². The molecule has 0 aliphatic heterocycles. The van der Waals surface area contributed by atoms with Crippen molar-refractivity contribution in [3.63, 3.8) is 0 Å². The van der Waals surface area contributed by atoms with E-state index in [9.17, 15) is 4.79 Å². The second-order valence-electron chi connectivity index (χ2n) is 4.81. The number of methoxy groups -OCH3 is 1. The Labute approximate surface area is 138 Å². The largest absolute Gasteiger partial charge is 0.465 e. The summed E-state index contributed by atoms with van der Waals surface area (Å²) in [5.41, 5.74) is 2.65. The maximum atomic E-state index is 11.4. The lowest BCUT2D eigenvalue weighted by Crippen LogP contribution is -2.00. The van der Waals surface area contributed by atoms with Gasteiger partial charge in [0, 0.05) is 11.3 Å². The monoisotopic (exact) mass is 325 g/mol. The highest BCUT2D eigenvalue weighted by Crippen LogP contribution is 2.22. The molecule has 0 bridgehead atoms. The predicted octanol–water partition coefficient (Wildman–Crippen LogP) is 3.55. The Morgan fingerprint density at radius 3 is 2.57 bits per heavy atom. The number of esters is 1. The van der Waals surface area contributed by atoms with Crippen molar-refractivity contribution in [2.75, 3.05) is 7.11 Å². The lowest BCUT2D eigenvalue weighted by atomic mass is 10.1. The van der Waals surface area contributed by atoms with Gasteiger partial charge in [-0.2, -0.15) is 0 Å². The van der Waals surface area contributed by atoms with Crippen molar-refractivity contribution in [3.8, 4) is 11.4 Å². The summed E-state index contributed by atoms with van der Waals surface area (Å²) in [6, 6.07) is 17.2. The highest BCUT2D eigenvalue weighted by atomic mass is 32.2. The maximum absolute atomic E-state index is 11.4. The Balaban J connectivity index is 1.63. The van der Waals surface area contributed by atoms with Gasteiger partial charge < -0.3 is 4.74 Å². The van der Waals surface area contributed by atoms with Crippen LogP contribution in [0.4, 0.5) is 0 Å². The van der Waals surface area contributed by atoms with Crippen LogP contribution in [0, 0.1) is 0 Å². The van der Waals surface area contributed by atoms with E-state index >= 15 is 0 Å². The molecule has 3 aromatic rings. The number of hydrogen-bond donors (Lipinski definition) is 1. The second kappa shape index (κ2) is 7.11. The molecule has 2 aromatic carbocycles. The van der Waals surface area contributed by atoms with E-state index in [1.54, 1.807) is 12.1 Å². The molecule has 1 N–H and O–H groups in total. The van der Waals surface area contributed by atoms with Crippen LogP contribution in [0.15, 0.2) is 59.8 Å². The van der Waals surface area contributed by atoms with Gasteiger partial charge >= 0.3 is 5.97 Å². The molecular weight excluding hydrogens is 310 g/mol. The number of thioether (sulfide) groups is 1. The average Bonchev–Trinajstić information content (AvgIpc) is 3.09. The molecule has 0 amide bonds. The zero-order valence-electron chi connectivity index (χ0n) is 12.5. The van der Waals surface area contributed by atoms with Gasteiger partial charge in [-0.3, -0.25) is 5.10 Å². The van der Waals surface area contributed by atoms with E-state index in [0.717, 1.165) is 22.7 Å². The standard InChI is InChI=1S/C17H15N3O2S/c1-22-16(21)14-9-7-12(8-10-14)11-23-17-18-15(19-20-17)13-5-3-2-4-6-13/h2-10H,11H2,1H3,(H,18,19,20). The lowest BCUT2D eigenvalue weighted by Gasteiger charge is -2.01. The van der Waals surface area contributed by atoms with Crippen LogP contribution in [0.3, 0.4) is 0 Å². The van der Waals surface area contributed by atoms with Gasteiger partial charge in [-0.25, -0.2) is 9.78 Å². The molecule has 0 radical (unpaired) electrons. The number of aromatic amines is 1. The molecule has 0 unspecified atom stereocenters. The number of rotatable bonds is 5. The Morgan fingerprint density at radius 2 is 1.87 bits per heavy atom. The number of ether oxygens (including phenoxy) is 1. The van der Waals surface area contributed by atoms with E-state index in [2.05, 4.69) is 19.9 Å². The topological polar surface area (TPSA) is 67.9 Å². The molecule has 0 atom stereocenters. The third-order valence-electron chi connectivity index (χ3n) is 3.26. The van der Waals surface area contributed by atoms with Crippen LogP contribution < -0.4 is 0 Å². The maximum Gasteiger partial charge on any atom is 0.337 e. The van der Waals surface area contributed by atoms with Crippen LogP contribution in [0.25, 0.3) is 11.4 Å². The highest BCUT2D eigenvalue weighted by molar-refractivity contribution is 7.98. The number of hydrogen-bond acceptors (Lipinski definition) is 5. The van der Waals surface area contributed by atoms with Gasteiger partial charge in [0.05, 0.1) is 12.7 Å². The molecule has 1 aromatic heterocycles. The van der Waals surface area contributed by atoms with E-state index in [1.165, 1.54) is 18.9 Å². The van der Waals surface area contributed by atoms with E-state index in [0.29, 0.717) is 10.7 Å². The molecule has 23 heavy (non-hydrogen) atoms. The summed E-state index contributed by atoms with van der Waals surface area (Å²) in [6.07, 6.45) is 0. The van der Waals surface area contributed by atoms with E-state index in [4.69, 9.17) is 0 Å². The molecule has 116 valence electrons. The Bertz CT molecular complexity index is 785. The van der Waals surface area contributed by atoms with Crippen LogP contribution in [-0.4, -0.2) is 28.3 Å². The Morgan fingerprint density at radius 1 is 1.13 bits per heavy atom. The number of carbonyl (C=O) groups is 1. The summed E-state index contributed by atoms with van der Waals surface area (Å²) in [5.74, 6) is 1.16. The van der Waals surface area contributed by atoms with Crippen molar-refractivity contribution in [3.05, 3.63) is 65.7 Å². The third-order valence-corrected chi connectivity index (χ3v) is 4.17. The second-order valence-corrected chi connectivity index (χ2v) is 5.75. The molecule has 0 fully saturated rings. The zero-order valence-corrected chi connectivity index (χ0v) is 13.3. The molecule has 0 aliphatic rings. The SMILES string of the molecule is COC(=O)c1ccc(CSc2n[nH]c(-c3ccccc3)n2)cc1. The number of H-pyrrole nitrogens is 1. The first-order chi connectivity index (χ1) is 11.3. The van der Waals surface area contributed by atoms with E-state index in [-0.39, 0.29) is 5.97 Å². The average molecular weight is 325 g/mol. The fourth-order valence-corrected chi connectivity index (χ4v) is 2.79. The minimum Gasteiger partial charge on any atom is -0.465 e. The fourth-order valence-electron chi connectivity index (χ4n) is 2.04. The van der Waals surface area contributed by atoms with Gasteiger partial charge in [0.2, 0.25) is 5.16 Å². The van der Waals surface area contributed by atoms with Crippen molar-refractivity contribution < 1.29 is 9.53 Å². The summed E-state index contributed by atoms with van der Waals surface area (Å²) in [5, 5.41) is 7.86. The van der Waals surface area contributed by atoms with Gasteiger partial charge in [0.1, 0.15) is 0 Å². The van der Waals surface area contributed by atoms with Crippen LogP contribution in [0.2, 0.25) is 0 Å². The fraction of sp³-hybridized carbons (Fsp3) is 0.118.